The number of rotatable bonds is 2. The molecule has 2 rings (SSSR count). The summed E-state index contributed by atoms with van der Waals surface area (Å²) in [6.07, 6.45) is 0. The Balaban J connectivity index is 2.17. The number of para-hydroxylation sites is 1. The second-order valence-electron chi connectivity index (χ2n) is 3.14. The molecule has 3 N–H and O–H groups in total. The molecule has 0 aliphatic carbocycles. The maximum Gasteiger partial charge on any atom is 0.291 e. The van der Waals surface area contributed by atoms with Crippen molar-refractivity contribution < 1.29 is 13.6 Å². The number of furan rings is 1. The number of carbonyl (C=O) groups excluding carboxylic acids is 1. The van der Waals surface area contributed by atoms with Gasteiger partial charge in [-0.2, -0.15) is 0 Å². The summed E-state index contributed by atoms with van der Waals surface area (Å²) in [5.41, 5.74) is 5.42. The molecule has 4 nitrogen and oxygen atoms in total. The second-order valence-corrected chi connectivity index (χ2v) is 3.14. The second kappa shape index (κ2) is 4.06. The van der Waals surface area contributed by atoms with Crippen LogP contribution in [-0.4, -0.2) is 5.91 Å². The highest BCUT2D eigenvalue weighted by atomic mass is 19.1. The van der Waals surface area contributed by atoms with Crippen LogP contribution in [0.4, 0.5) is 16.0 Å². The number of hydrogen-bond donors (Lipinski definition) is 2. The van der Waals surface area contributed by atoms with Crippen LogP contribution in [-0.2, 0) is 0 Å². The van der Waals surface area contributed by atoms with Gasteiger partial charge >= 0.3 is 0 Å². The van der Waals surface area contributed by atoms with Gasteiger partial charge < -0.3 is 15.5 Å². The molecule has 0 aliphatic heterocycles. The summed E-state index contributed by atoms with van der Waals surface area (Å²) < 4.78 is 18.1. The van der Waals surface area contributed by atoms with Crippen LogP contribution in [0, 0.1) is 5.82 Å². The summed E-state index contributed by atoms with van der Waals surface area (Å²) in [6.45, 7) is 0. The largest absolute Gasteiger partial charge is 0.436 e. The summed E-state index contributed by atoms with van der Waals surface area (Å²) in [6, 6.07) is 8.75. The first-order chi connectivity index (χ1) is 7.66. The van der Waals surface area contributed by atoms with Crippen molar-refractivity contribution in [3.63, 3.8) is 0 Å². The topological polar surface area (TPSA) is 68.3 Å². The van der Waals surface area contributed by atoms with E-state index in [0.29, 0.717) is 0 Å². The van der Waals surface area contributed by atoms with Gasteiger partial charge in [0.25, 0.3) is 5.91 Å². The molecule has 1 aromatic heterocycles. The van der Waals surface area contributed by atoms with Crippen LogP contribution in [0.1, 0.15) is 10.6 Å². The molecule has 0 bridgehead atoms. The van der Waals surface area contributed by atoms with E-state index in [4.69, 9.17) is 10.2 Å². The molecule has 0 spiro atoms. The minimum absolute atomic E-state index is 0.0424. The molecule has 1 aromatic carbocycles. The third-order valence-corrected chi connectivity index (χ3v) is 1.97. The average molecular weight is 220 g/mol. The zero-order chi connectivity index (χ0) is 11.5. The Morgan fingerprint density at radius 1 is 1.25 bits per heavy atom. The third-order valence-electron chi connectivity index (χ3n) is 1.97. The lowest BCUT2D eigenvalue weighted by atomic mass is 10.3. The molecule has 16 heavy (non-hydrogen) atoms. The minimum Gasteiger partial charge on any atom is -0.436 e. The van der Waals surface area contributed by atoms with E-state index < -0.39 is 11.7 Å². The zero-order valence-corrected chi connectivity index (χ0v) is 8.24. The summed E-state index contributed by atoms with van der Waals surface area (Å²) >= 11 is 0. The monoisotopic (exact) mass is 220 g/mol. The standard InChI is InChI=1S/C11H9FN2O2/c12-7-3-1-2-4-8(7)14-11(15)9-5-6-10(13)16-9/h1-6H,13H2,(H,14,15). The maximum absolute atomic E-state index is 13.2. The molecule has 0 saturated carbocycles. The van der Waals surface area contributed by atoms with Gasteiger partial charge in [-0.15, -0.1) is 0 Å². The van der Waals surface area contributed by atoms with Crippen molar-refractivity contribution in [3.8, 4) is 0 Å². The van der Waals surface area contributed by atoms with Crippen molar-refractivity contribution in [3.05, 3.63) is 48.0 Å². The molecule has 1 amide bonds. The Morgan fingerprint density at radius 3 is 2.62 bits per heavy atom. The van der Waals surface area contributed by atoms with Crippen molar-refractivity contribution in [2.45, 2.75) is 0 Å². The van der Waals surface area contributed by atoms with Crippen molar-refractivity contribution >= 4 is 17.5 Å². The van der Waals surface area contributed by atoms with Gasteiger partial charge in [-0.25, -0.2) is 4.39 Å². The fourth-order valence-electron chi connectivity index (χ4n) is 1.22. The van der Waals surface area contributed by atoms with E-state index in [0.717, 1.165) is 0 Å². The number of nitrogens with two attached hydrogens (primary N) is 1. The Bertz CT molecular complexity index is 522. The molecule has 0 saturated heterocycles. The lowest BCUT2D eigenvalue weighted by Crippen LogP contribution is -2.11. The van der Waals surface area contributed by atoms with E-state index in [1.165, 1.54) is 30.3 Å². The first-order valence-corrected chi connectivity index (χ1v) is 4.58. The number of anilines is 2. The van der Waals surface area contributed by atoms with Gasteiger partial charge in [0.1, 0.15) is 5.82 Å². The average Bonchev–Trinajstić information content (AvgIpc) is 2.68. The lowest BCUT2D eigenvalue weighted by Gasteiger charge is -2.03. The Morgan fingerprint density at radius 2 is 2.00 bits per heavy atom. The van der Waals surface area contributed by atoms with E-state index >= 15 is 0 Å². The van der Waals surface area contributed by atoms with Crippen LogP contribution < -0.4 is 11.1 Å². The van der Waals surface area contributed by atoms with Crippen LogP contribution in [0.5, 0.6) is 0 Å². The molecule has 0 aliphatic rings. The number of nitrogen functional groups attached to an aromatic ring is 1. The number of nitrogens with one attached hydrogen (secondary N) is 1. The van der Waals surface area contributed by atoms with Gasteiger partial charge in [-0.1, -0.05) is 12.1 Å². The van der Waals surface area contributed by atoms with E-state index in [2.05, 4.69) is 5.32 Å². The molecule has 82 valence electrons. The number of carbonyl (C=O) groups is 1. The number of halogens is 1. The summed E-state index contributed by atoms with van der Waals surface area (Å²) in [4.78, 5) is 11.6. The predicted octanol–water partition coefficient (Wildman–Crippen LogP) is 2.25. The number of amides is 1. The molecule has 0 unspecified atom stereocenters. The maximum atomic E-state index is 13.2. The normalized spacial score (nSPS) is 10.1. The van der Waals surface area contributed by atoms with Crippen LogP contribution in [0.2, 0.25) is 0 Å². The van der Waals surface area contributed by atoms with E-state index in [1.807, 2.05) is 0 Å². The summed E-state index contributed by atoms with van der Waals surface area (Å²) in [7, 11) is 0. The molecule has 0 atom stereocenters. The van der Waals surface area contributed by atoms with Crippen molar-refractivity contribution in [2.24, 2.45) is 0 Å². The molecular weight excluding hydrogens is 211 g/mol. The number of benzene rings is 1. The van der Waals surface area contributed by atoms with Crippen LogP contribution in [0.15, 0.2) is 40.8 Å². The van der Waals surface area contributed by atoms with Gasteiger partial charge in [0, 0.05) is 6.07 Å². The van der Waals surface area contributed by atoms with Crippen LogP contribution in [0.3, 0.4) is 0 Å². The molecule has 0 fully saturated rings. The molecule has 2 aromatic rings. The minimum atomic E-state index is -0.540. The van der Waals surface area contributed by atoms with E-state index in [9.17, 15) is 9.18 Å². The highest BCUT2D eigenvalue weighted by Crippen LogP contribution is 2.15. The Hall–Kier alpha value is -2.30. The first kappa shape index (κ1) is 10.2. The van der Waals surface area contributed by atoms with Gasteiger partial charge in [0.2, 0.25) is 0 Å². The van der Waals surface area contributed by atoms with Crippen LogP contribution >= 0.6 is 0 Å². The first-order valence-electron chi connectivity index (χ1n) is 4.58. The predicted molar refractivity (Wildman–Crippen MR) is 57.5 cm³/mol. The Labute approximate surface area is 90.9 Å². The fourth-order valence-corrected chi connectivity index (χ4v) is 1.22. The van der Waals surface area contributed by atoms with Crippen molar-refractivity contribution in [2.75, 3.05) is 11.1 Å². The highest BCUT2D eigenvalue weighted by Gasteiger charge is 2.12. The lowest BCUT2D eigenvalue weighted by molar-refractivity contribution is 0.0997. The zero-order valence-electron chi connectivity index (χ0n) is 8.24. The van der Waals surface area contributed by atoms with Crippen LogP contribution in [0.25, 0.3) is 0 Å². The van der Waals surface area contributed by atoms with Crippen molar-refractivity contribution in [1.29, 1.82) is 0 Å². The smallest absolute Gasteiger partial charge is 0.291 e. The van der Waals surface area contributed by atoms with Gasteiger partial charge in [-0.05, 0) is 18.2 Å². The fraction of sp³-hybridized carbons (Fsp3) is 0. The highest BCUT2D eigenvalue weighted by molar-refractivity contribution is 6.02. The molecule has 0 radical (unpaired) electrons. The Kier molecular flexibility index (Phi) is 2.59. The van der Waals surface area contributed by atoms with Gasteiger partial charge in [0.15, 0.2) is 11.6 Å². The van der Waals surface area contributed by atoms with E-state index in [1.54, 1.807) is 6.07 Å². The van der Waals surface area contributed by atoms with E-state index in [-0.39, 0.29) is 17.3 Å². The molecular formula is C11H9FN2O2. The SMILES string of the molecule is Nc1ccc(C(=O)Nc2ccccc2F)o1. The molecule has 1 heterocycles. The molecule has 5 heteroatoms. The summed E-state index contributed by atoms with van der Waals surface area (Å²) in [5, 5.41) is 2.38. The van der Waals surface area contributed by atoms with Gasteiger partial charge in [-0.3, -0.25) is 4.79 Å². The van der Waals surface area contributed by atoms with Gasteiger partial charge in [0.05, 0.1) is 5.69 Å². The quantitative estimate of drug-likeness (QED) is 0.815. The third kappa shape index (κ3) is 2.03. The number of hydrogen-bond acceptors (Lipinski definition) is 3. The van der Waals surface area contributed by atoms with Crippen molar-refractivity contribution in [1.82, 2.24) is 0 Å². The summed E-state index contributed by atoms with van der Waals surface area (Å²) in [5.74, 6) is -0.864.